The maximum Gasteiger partial charge on any atom is 0.191 e. The molecule has 28 heavy (non-hydrogen) atoms. The van der Waals surface area contributed by atoms with Gasteiger partial charge in [-0.05, 0) is 44.0 Å². The van der Waals surface area contributed by atoms with E-state index in [1.807, 2.05) is 51.1 Å². The van der Waals surface area contributed by atoms with Gasteiger partial charge in [0.1, 0.15) is 0 Å². The number of hydrogen-bond donors (Lipinski definition) is 3. The summed E-state index contributed by atoms with van der Waals surface area (Å²) in [5.74, 6) is 0.375. The molecule has 0 radical (unpaired) electrons. The lowest BCUT2D eigenvalue weighted by Crippen LogP contribution is -2.39. The molecule has 0 fully saturated rings. The molecule has 7 heteroatoms. The van der Waals surface area contributed by atoms with Gasteiger partial charge in [0, 0.05) is 6.54 Å². The molecular weight excluding hydrogens is 472 g/mol. The average Bonchev–Trinajstić information content (AvgIpc) is 2.66. The summed E-state index contributed by atoms with van der Waals surface area (Å²) in [6.45, 7) is 6.79. The molecule has 0 amide bonds. The maximum atomic E-state index is 13.9. The fourth-order valence-corrected chi connectivity index (χ4v) is 2.63. The van der Waals surface area contributed by atoms with E-state index in [1.54, 1.807) is 6.07 Å². The van der Waals surface area contributed by atoms with Crippen LogP contribution in [0, 0.1) is 12.7 Å². The third-order valence-electron chi connectivity index (χ3n) is 4.26. The highest BCUT2D eigenvalue weighted by atomic mass is 127. The molecule has 0 bridgehead atoms. The minimum absolute atomic E-state index is 0. The van der Waals surface area contributed by atoms with Crippen LogP contribution >= 0.6 is 24.0 Å². The Labute approximate surface area is 183 Å². The minimum Gasteiger partial charge on any atom is -0.494 e. The zero-order valence-electron chi connectivity index (χ0n) is 16.7. The van der Waals surface area contributed by atoms with Crippen molar-refractivity contribution in [2.45, 2.75) is 32.9 Å². The smallest absolute Gasteiger partial charge is 0.191 e. The molecule has 0 aliphatic carbocycles. The minimum atomic E-state index is -0.685. The standard InChI is InChI=1S/C21H28FN3O2.HI/c1-5-23-21(24-13-19(26)16-8-6-14(2)7-9-16)25-15(3)17-10-11-20(27-4)18(22)12-17;/h6-12,15,19,26H,5,13H2,1-4H3,(H2,23,24,25);1H. The van der Waals surface area contributed by atoms with E-state index in [2.05, 4.69) is 15.6 Å². The van der Waals surface area contributed by atoms with Gasteiger partial charge in [-0.3, -0.25) is 4.99 Å². The van der Waals surface area contributed by atoms with Crippen LogP contribution in [0.15, 0.2) is 47.5 Å². The van der Waals surface area contributed by atoms with Crippen molar-refractivity contribution in [2.24, 2.45) is 4.99 Å². The monoisotopic (exact) mass is 501 g/mol. The number of ether oxygens (including phenoxy) is 1. The summed E-state index contributed by atoms with van der Waals surface area (Å²) in [4.78, 5) is 4.46. The molecule has 0 aliphatic rings. The predicted octanol–water partition coefficient (Wildman–Crippen LogP) is 4.11. The van der Waals surface area contributed by atoms with E-state index >= 15 is 0 Å². The van der Waals surface area contributed by atoms with E-state index in [-0.39, 0.29) is 42.3 Å². The van der Waals surface area contributed by atoms with Crippen molar-refractivity contribution in [3.8, 4) is 5.75 Å². The molecule has 0 spiro atoms. The lowest BCUT2D eigenvalue weighted by atomic mass is 10.1. The molecule has 2 rings (SSSR count). The second kappa shape index (κ2) is 11.9. The van der Waals surface area contributed by atoms with Crippen LogP contribution in [0.25, 0.3) is 0 Å². The first-order valence-electron chi connectivity index (χ1n) is 9.07. The first-order chi connectivity index (χ1) is 12.9. The van der Waals surface area contributed by atoms with Gasteiger partial charge >= 0.3 is 0 Å². The van der Waals surface area contributed by atoms with Crippen LogP contribution in [-0.4, -0.2) is 31.3 Å². The SMILES string of the molecule is CCNC(=NCC(O)c1ccc(C)cc1)NC(C)c1ccc(OC)c(F)c1.I. The van der Waals surface area contributed by atoms with Crippen LogP contribution in [0.4, 0.5) is 4.39 Å². The molecular formula is C21H29FIN3O2. The number of methoxy groups -OCH3 is 1. The summed E-state index contributed by atoms with van der Waals surface area (Å²) in [5, 5.41) is 16.7. The van der Waals surface area contributed by atoms with E-state index < -0.39 is 11.9 Å². The van der Waals surface area contributed by atoms with E-state index in [9.17, 15) is 9.50 Å². The lowest BCUT2D eigenvalue weighted by molar-refractivity contribution is 0.187. The summed E-state index contributed by atoms with van der Waals surface area (Å²) in [7, 11) is 1.44. The topological polar surface area (TPSA) is 65.9 Å². The van der Waals surface area contributed by atoms with Crippen molar-refractivity contribution in [3.05, 3.63) is 65.0 Å². The summed E-state index contributed by atoms with van der Waals surface area (Å²) >= 11 is 0. The van der Waals surface area contributed by atoms with Gasteiger partial charge in [-0.1, -0.05) is 35.9 Å². The van der Waals surface area contributed by atoms with Gasteiger partial charge in [0.05, 0.1) is 25.8 Å². The van der Waals surface area contributed by atoms with Gasteiger partial charge in [0.25, 0.3) is 0 Å². The third kappa shape index (κ3) is 6.94. The number of aliphatic imine (C=N–C) groups is 1. The molecule has 0 heterocycles. The Hall–Kier alpha value is -1.87. The van der Waals surface area contributed by atoms with Gasteiger partial charge in [0.2, 0.25) is 0 Å². The molecule has 2 unspecified atom stereocenters. The van der Waals surface area contributed by atoms with E-state index in [4.69, 9.17) is 4.74 Å². The Balaban J connectivity index is 0.00000392. The zero-order chi connectivity index (χ0) is 19.8. The number of aliphatic hydroxyl groups excluding tert-OH is 1. The van der Waals surface area contributed by atoms with Crippen LogP contribution in [-0.2, 0) is 0 Å². The number of halogens is 2. The van der Waals surface area contributed by atoms with E-state index in [0.717, 1.165) is 16.7 Å². The van der Waals surface area contributed by atoms with Gasteiger partial charge in [-0.15, -0.1) is 24.0 Å². The number of nitrogens with zero attached hydrogens (tertiary/aromatic N) is 1. The number of guanidine groups is 1. The summed E-state index contributed by atoms with van der Waals surface area (Å²) in [6.07, 6.45) is -0.685. The molecule has 2 atom stereocenters. The molecule has 5 nitrogen and oxygen atoms in total. The average molecular weight is 501 g/mol. The number of rotatable bonds is 7. The lowest BCUT2D eigenvalue weighted by Gasteiger charge is -2.19. The highest BCUT2D eigenvalue weighted by Crippen LogP contribution is 2.21. The Morgan fingerprint density at radius 3 is 2.39 bits per heavy atom. The fourth-order valence-electron chi connectivity index (χ4n) is 2.63. The van der Waals surface area contributed by atoms with Crippen LogP contribution in [0.3, 0.4) is 0 Å². The van der Waals surface area contributed by atoms with Crippen molar-refractivity contribution >= 4 is 29.9 Å². The summed E-state index contributed by atoms with van der Waals surface area (Å²) in [6, 6.07) is 12.4. The van der Waals surface area contributed by atoms with Gasteiger partial charge in [0.15, 0.2) is 17.5 Å². The molecule has 2 aromatic rings. The van der Waals surface area contributed by atoms with Crippen LogP contribution < -0.4 is 15.4 Å². The van der Waals surface area contributed by atoms with Gasteiger partial charge < -0.3 is 20.5 Å². The Bertz CT molecular complexity index is 769. The Morgan fingerprint density at radius 2 is 1.82 bits per heavy atom. The number of benzene rings is 2. The molecule has 2 aromatic carbocycles. The summed E-state index contributed by atoms with van der Waals surface area (Å²) in [5.41, 5.74) is 2.74. The molecule has 0 saturated carbocycles. The molecule has 154 valence electrons. The largest absolute Gasteiger partial charge is 0.494 e. The Morgan fingerprint density at radius 1 is 1.18 bits per heavy atom. The third-order valence-corrected chi connectivity index (χ3v) is 4.26. The fraction of sp³-hybridized carbons (Fsp3) is 0.381. The first-order valence-corrected chi connectivity index (χ1v) is 9.07. The molecule has 0 saturated heterocycles. The maximum absolute atomic E-state index is 13.9. The Kier molecular flexibility index (Phi) is 10.2. The van der Waals surface area contributed by atoms with E-state index in [0.29, 0.717) is 12.5 Å². The first kappa shape index (κ1) is 24.2. The normalized spacial score (nSPS) is 13.3. The highest BCUT2D eigenvalue weighted by Gasteiger charge is 2.12. The highest BCUT2D eigenvalue weighted by molar-refractivity contribution is 14.0. The van der Waals surface area contributed by atoms with Crippen molar-refractivity contribution in [1.82, 2.24) is 10.6 Å². The van der Waals surface area contributed by atoms with Crippen molar-refractivity contribution in [2.75, 3.05) is 20.2 Å². The van der Waals surface area contributed by atoms with Crippen LogP contribution in [0.1, 0.15) is 42.7 Å². The summed E-state index contributed by atoms with van der Waals surface area (Å²) < 4.78 is 18.9. The van der Waals surface area contributed by atoms with Crippen molar-refractivity contribution in [1.29, 1.82) is 0 Å². The second-order valence-corrected chi connectivity index (χ2v) is 6.41. The number of aryl methyl sites for hydroxylation is 1. The van der Waals surface area contributed by atoms with Crippen LogP contribution in [0.5, 0.6) is 5.75 Å². The second-order valence-electron chi connectivity index (χ2n) is 6.41. The molecule has 0 aliphatic heterocycles. The number of nitrogens with one attached hydrogen (secondary N) is 2. The van der Waals surface area contributed by atoms with Crippen molar-refractivity contribution < 1.29 is 14.2 Å². The van der Waals surface area contributed by atoms with E-state index in [1.165, 1.54) is 13.2 Å². The van der Waals surface area contributed by atoms with Gasteiger partial charge in [-0.25, -0.2) is 4.39 Å². The van der Waals surface area contributed by atoms with Crippen molar-refractivity contribution in [3.63, 3.8) is 0 Å². The molecule has 3 N–H and O–H groups in total. The molecule has 0 aromatic heterocycles. The predicted molar refractivity (Wildman–Crippen MR) is 122 cm³/mol. The zero-order valence-corrected chi connectivity index (χ0v) is 19.0. The number of aliphatic hydroxyl groups is 1. The quantitative estimate of drug-likeness (QED) is 0.304. The van der Waals surface area contributed by atoms with Gasteiger partial charge in [-0.2, -0.15) is 0 Å². The number of hydrogen-bond acceptors (Lipinski definition) is 3. The van der Waals surface area contributed by atoms with Crippen LogP contribution in [0.2, 0.25) is 0 Å².